The SMILES string of the molecule is Nc1cc(N)c(N=Nc2ccc(/C=C/c3ccc(N=Nc4c(N)cc(N)cc4C(=O)[O-])cc3S(=O)(=O)[O-])c(S(=O)(=O)[O-])c2)c(C(=O)[O-])c1.[Na+].[Na+].[Na+].[Na+]. The van der Waals surface area contributed by atoms with Crippen molar-refractivity contribution in [3.8, 4) is 0 Å². The van der Waals surface area contributed by atoms with Crippen molar-refractivity contribution >= 4 is 89.8 Å². The first-order chi connectivity index (χ1) is 22.3. The zero-order valence-corrected chi connectivity index (χ0v) is 37.6. The van der Waals surface area contributed by atoms with Crippen LogP contribution in [0.1, 0.15) is 31.8 Å². The number of carboxylic acids is 2. The molecule has 0 unspecified atom stereocenters. The van der Waals surface area contributed by atoms with E-state index >= 15 is 0 Å². The molecule has 0 saturated carbocycles. The number of hydrogen-bond donors (Lipinski definition) is 4. The first-order valence-corrected chi connectivity index (χ1v) is 15.7. The average Bonchev–Trinajstić information content (AvgIpc) is 2.97. The molecule has 18 nitrogen and oxygen atoms in total. The largest absolute Gasteiger partial charge is 1.00 e. The van der Waals surface area contributed by atoms with Crippen molar-refractivity contribution < 1.29 is 164 Å². The quantitative estimate of drug-likeness (QED) is 0.0382. The Labute approximate surface area is 384 Å². The molecule has 4 aromatic carbocycles. The van der Waals surface area contributed by atoms with E-state index in [1.807, 2.05) is 0 Å². The van der Waals surface area contributed by atoms with Crippen molar-refractivity contribution in [3.63, 3.8) is 0 Å². The summed E-state index contributed by atoms with van der Waals surface area (Å²) in [6.45, 7) is 0. The second-order valence-electron chi connectivity index (χ2n) is 9.67. The van der Waals surface area contributed by atoms with Gasteiger partial charge in [0.05, 0.1) is 44.5 Å². The molecular formula is C28H20N8Na4O10S2. The van der Waals surface area contributed by atoms with Gasteiger partial charge >= 0.3 is 118 Å². The van der Waals surface area contributed by atoms with Crippen molar-refractivity contribution in [2.75, 3.05) is 22.9 Å². The maximum Gasteiger partial charge on any atom is 1.00 e. The van der Waals surface area contributed by atoms with Crippen LogP contribution in [0.3, 0.4) is 0 Å². The van der Waals surface area contributed by atoms with Crippen molar-refractivity contribution in [2.45, 2.75) is 9.79 Å². The molecule has 0 saturated heterocycles. The Balaban J connectivity index is 0.00000650. The summed E-state index contributed by atoms with van der Waals surface area (Å²) in [6.07, 6.45) is 2.06. The minimum absolute atomic E-state index is 0. The van der Waals surface area contributed by atoms with E-state index in [9.17, 15) is 45.7 Å². The zero-order chi connectivity index (χ0) is 35.6. The molecule has 8 N–H and O–H groups in total. The molecule has 0 aliphatic rings. The van der Waals surface area contributed by atoms with E-state index in [1.54, 1.807) is 0 Å². The van der Waals surface area contributed by atoms with Crippen molar-refractivity contribution in [1.29, 1.82) is 0 Å². The van der Waals surface area contributed by atoms with Gasteiger partial charge in [0.25, 0.3) is 0 Å². The Bertz CT molecular complexity index is 2160. The van der Waals surface area contributed by atoms with E-state index in [-0.39, 0.29) is 175 Å². The number of carbonyl (C=O) groups is 2. The van der Waals surface area contributed by atoms with Crippen LogP contribution in [0.25, 0.3) is 12.2 Å². The van der Waals surface area contributed by atoms with Gasteiger partial charge in [0.15, 0.2) is 0 Å². The molecule has 0 aromatic heterocycles. The van der Waals surface area contributed by atoms with E-state index in [0.717, 1.165) is 48.6 Å². The van der Waals surface area contributed by atoms with Gasteiger partial charge in [-0.05, 0) is 59.7 Å². The van der Waals surface area contributed by atoms with E-state index in [0.29, 0.717) is 0 Å². The number of rotatable bonds is 10. The van der Waals surface area contributed by atoms with Crippen molar-refractivity contribution in [2.24, 2.45) is 20.5 Å². The maximum atomic E-state index is 12.1. The third kappa shape index (κ3) is 12.7. The standard InChI is InChI=1S/C28H24N8O10S2.4Na/c29-15-7-19(27(37)38)25(21(31)9-15)35-33-17-5-3-13(23(11-17)47(41,42)43)1-2-14-4-6-18(12-24(14)48(44,45)46)34-36-26-20(28(39)40)8-16(30)10-22(26)32;;;;/h1-12H,29-32H2,(H,37,38)(H,39,40)(H,41,42,43)(H,44,45,46);;;;/q;4*+1/p-4/b2-1+,35-33?,36-34?;;;;. The molecule has 52 heavy (non-hydrogen) atoms. The molecule has 4 rings (SSSR count). The van der Waals surface area contributed by atoms with Crippen LogP contribution < -0.4 is 151 Å². The van der Waals surface area contributed by atoms with Gasteiger partial charge in [-0.3, -0.25) is 0 Å². The van der Waals surface area contributed by atoms with Crippen LogP contribution in [-0.2, 0) is 20.2 Å². The maximum absolute atomic E-state index is 12.1. The Hall–Kier alpha value is -2.22. The molecule has 0 aliphatic carbocycles. The fourth-order valence-corrected chi connectivity index (χ4v) is 5.55. The number of azo groups is 2. The number of nitrogen functional groups attached to an aromatic ring is 4. The number of carboxylic acid groups (broad SMARTS) is 2. The number of carbonyl (C=O) groups excluding carboxylic acids is 2. The summed E-state index contributed by atoms with van der Waals surface area (Å²) in [5.74, 6) is -3.34. The summed E-state index contributed by atoms with van der Waals surface area (Å²) in [5, 5.41) is 37.9. The van der Waals surface area contributed by atoms with E-state index in [4.69, 9.17) is 22.9 Å². The number of nitrogens with two attached hydrogens (primary N) is 4. The van der Waals surface area contributed by atoms with Gasteiger partial charge in [0.2, 0.25) is 0 Å². The van der Waals surface area contributed by atoms with Gasteiger partial charge in [-0.25, -0.2) is 16.8 Å². The molecule has 0 amide bonds. The minimum atomic E-state index is -5.19. The molecule has 0 aliphatic heterocycles. The molecule has 0 fully saturated rings. The van der Waals surface area contributed by atoms with Gasteiger partial charge in [-0.15, -0.1) is 10.2 Å². The van der Waals surface area contributed by atoms with Crippen LogP contribution in [0.15, 0.2) is 90.9 Å². The second kappa shape index (κ2) is 20.5. The molecule has 0 radical (unpaired) electrons. The topological polar surface area (TPSA) is 348 Å². The Kier molecular flexibility index (Phi) is 19.6. The van der Waals surface area contributed by atoms with Crippen LogP contribution in [0.4, 0.5) is 45.5 Å². The first kappa shape index (κ1) is 49.8. The Morgan fingerprint density at radius 3 is 1.15 bits per heavy atom. The van der Waals surface area contributed by atoms with E-state index in [1.165, 1.54) is 24.3 Å². The number of nitrogens with zero attached hydrogens (tertiary/aromatic N) is 4. The normalized spacial score (nSPS) is 11.3. The molecule has 0 spiro atoms. The summed E-state index contributed by atoms with van der Waals surface area (Å²) >= 11 is 0. The van der Waals surface area contributed by atoms with Crippen LogP contribution in [0.2, 0.25) is 0 Å². The van der Waals surface area contributed by atoms with Gasteiger partial charge in [0, 0.05) is 22.5 Å². The van der Waals surface area contributed by atoms with Crippen molar-refractivity contribution in [3.05, 3.63) is 82.9 Å². The van der Waals surface area contributed by atoms with Gasteiger partial charge in [-0.1, -0.05) is 24.3 Å². The summed E-state index contributed by atoms with van der Waals surface area (Å²) in [4.78, 5) is 21.3. The molecule has 0 bridgehead atoms. The van der Waals surface area contributed by atoms with Crippen LogP contribution in [0.5, 0.6) is 0 Å². The molecular weight excluding hydrogens is 764 g/mol. The van der Waals surface area contributed by atoms with E-state index in [2.05, 4.69) is 20.5 Å². The summed E-state index contributed by atoms with van der Waals surface area (Å²) in [7, 11) is -10.4. The minimum Gasteiger partial charge on any atom is -0.744 e. The van der Waals surface area contributed by atoms with Gasteiger partial charge in [-0.2, -0.15) is 10.2 Å². The molecule has 0 heterocycles. The zero-order valence-electron chi connectivity index (χ0n) is 27.9. The number of aromatic carboxylic acids is 2. The fourth-order valence-electron chi connectivity index (χ4n) is 4.17. The second-order valence-corrected chi connectivity index (χ2v) is 12.4. The van der Waals surface area contributed by atoms with Crippen molar-refractivity contribution in [1.82, 2.24) is 0 Å². The number of anilines is 4. The molecule has 4 aromatic rings. The summed E-state index contributed by atoms with van der Waals surface area (Å²) < 4.78 is 72.5. The van der Waals surface area contributed by atoms with Crippen LogP contribution >= 0.6 is 0 Å². The predicted molar refractivity (Wildman–Crippen MR) is 165 cm³/mol. The number of hydrogen-bond acceptors (Lipinski definition) is 18. The summed E-state index contributed by atoms with van der Waals surface area (Å²) in [6, 6.07) is 10.7. The van der Waals surface area contributed by atoms with Crippen LogP contribution in [-0.4, -0.2) is 37.9 Å². The van der Waals surface area contributed by atoms with E-state index < -0.39 is 53.1 Å². The average molecular weight is 785 g/mol. The smallest absolute Gasteiger partial charge is 0.744 e. The molecule has 24 heteroatoms. The molecule has 0 atom stereocenters. The van der Waals surface area contributed by atoms with Gasteiger partial charge < -0.3 is 51.8 Å². The molecule has 248 valence electrons. The third-order valence-corrected chi connectivity index (χ3v) is 8.05. The van der Waals surface area contributed by atoms with Gasteiger partial charge in [0.1, 0.15) is 31.6 Å². The summed E-state index contributed by atoms with van der Waals surface area (Å²) in [5.41, 5.74) is 19.8. The fraction of sp³-hybridized carbons (Fsp3) is 0. The number of benzene rings is 4. The van der Waals surface area contributed by atoms with Crippen LogP contribution in [0, 0.1) is 0 Å². The Morgan fingerprint density at radius 2 is 0.865 bits per heavy atom. The Morgan fingerprint density at radius 1 is 0.538 bits per heavy atom. The first-order valence-electron chi connectivity index (χ1n) is 12.9. The predicted octanol–water partition coefficient (Wildman–Crippen LogP) is -10.4. The third-order valence-electron chi connectivity index (χ3n) is 6.27. The monoisotopic (exact) mass is 784 g/mol.